The second-order valence-electron chi connectivity index (χ2n) is 13.8. The zero-order valence-corrected chi connectivity index (χ0v) is 29.4. The summed E-state index contributed by atoms with van der Waals surface area (Å²) in [5.74, 6) is -1.93. The van der Waals surface area contributed by atoms with Gasteiger partial charge in [-0.1, -0.05) is 74.6 Å². The Labute approximate surface area is 298 Å². The Morgan fingerprint density at radius 3 is 2.41 bits per heavy atom. The predicted molar refractivity (Wildman–Crippen MR) is 192 cm³/mol. The number of benzene rings is 3. The molecule has 1 aliphatic carbocycles. The standard InChI is InChI=1S/C40H49FN4O6/c1-26(2)51-40(49)37(46)35(21-27-9-4-3-5-10-27)44-39(48)36(23-32-24-42-25-43-32)45-38(47)30(19-20-50-33-17-15-31(41)16-18-33)22-29-13-8-12-28-11-6-7-14-34(28)29/h6-8,11-18,24-27,30,35-37,46H,3-5,9-10,19-23H2,1-2H3,(H,42,43)(H,44,48)(H,45,47)/t30?,35-,36-,37?/m0/s1. The van der Waals surface area contributed by atoms with Gasteiger partial charge in [0.1, 0.15) is 17.6 Å². The van der Waals surface area contributed by atoms with Crippen LogP contribution < -0.4 is 15.4 Å². The van der Waals surface area contributed by atoms with Gasteiger partial charge < -0.3 is 30.2 Å². The second-order valence-corrected chi connectivity index (χ2v) is 13.8. The Bertz CT molecular complexity index is 1700. The molecule has 0 saturated heterocycles. The van der Waals surface area contributed by atoms with Gasteiger partial charge >= 0.3 is 5.97 Å². The number of carbonyl (C=O) groups is 3. The van der Waals surface area contributed by atoms with Crippen LogP contribution in [0, 0.1) is 17.7 Å². The normalized spacial score (nSPS) is 15.9. The van der Waals surface area contributed by atoms with Crippen LogP contribution in [0.15, 0.2) is 79.3 Å². The first-order valence-electron chi connectivity index (χ1n) is 18.0. The highest BCUT2D eigenvalue weighted by Crippen LogP contribution is 2.29. The average molecular weight is 701 g/mol. The summed E-state index contributed by atoms with van der Waals surface area (Å²) >= 11 is 0. The molecule has 1 aliphatic rings. The summed E-state index contributed by atoms with van der Waals surface area (Å²) in [6.07, 6.45) is 7.44. The Hall–Kier alpha value is -4.77. The van der Waals surface area contributed by atoms with Crippen molar-refractivity contribution in [3.05, 3.63) is 96.3 Å². The fourth-order valence-electron chi connectivity index (χ4n) is 6.83. The van der Waals surface area contributed by atoms with Crippen molar-refractivity contribution in [2.75, 3.05) is 6.61 Å². The lowest BCUT2D eigenvalue weighted by molar-refractivity contribution is -0.159. The Kier molecular flexibility index (Phi) is 13.6. The largest absolute Gasteiger partial charge is 0.494 e. The average Bonchev–Trinajstić information content (AvgIpc) is 3.64. The molecule has 0 radical (unpaired) electrons. The number of imidazole rings is 1. The number of hydrogen-bond acceptors (Lipinski definition) is 7. The molecule has 4 aromatic rings. The number of H-pyrrole nitrogens is 1. The zero-order valence-electron chi connectivity index (χ0n) is 29.4. The number of hydrogen-bond donors (Lipinski definition) is 4. The van der Waals surface area contributed by atoms with Crippen LogP contribution >= 0.6 is 0 Å². The van der Waals surface area contributed by atoms with E-state index in [1.807, 2.05) is 42.5 Å². The number of aromatic nitrogens is 2. The minimum Gasteiger partial charge on any atom is -0.494 e. The molecular weight excluding hydrogens is 651 g/mol. The van der Waals surface area contributed by atoms with Crippen LogP contribution in [0.1, 0.15) is 70.1 Å². The molecule has 5 rings (SSSR count). The van der Waals surface area contributed by atoms with Crippen LogP contribution in [0.25, 0.3) is 10.8 Å². The summed E-state index contributed by atoms with van der Waals surface area (Å²) in [6.45, 7) is 3.59. The summed E-state index contributed by atoms with van der Waals surface area (Å²) < 4.78 is 24.7. The summed E-state index contributed by atoms with van der Waals surface area (Å²) in [6, 6.07) is 17.7. The Morgan fingerprint density at radius 2 is 1.69 bits per heavy atom. The first kappa shape index (κ1) is 37.5. The van der Waals surface area contributed by atoms with E-state index < -0.39 is 42.1 Å². The number of aromatic amines is 1. The molecule has 10 nitrogen and oxygen atoms in total. The molecule has 2 unspecified atom stereocenters. The van der Waals surface area contributed by atoms with E-state index in [4.69, 9.17) is 9.47 Å². The number of carbonyl (C=O) groups excluding carboxylic acids is 3. The highest BCUT2D eigenvalue weighted by atomic mass is 19.1. The monoisotopic (exact) mass is 700 g/mol. The number of fused-ring (bicyclic) bond motifs is 1. The molecule has 2 amide bonds. The van der Waals surface area contributed by atoms with E-state index in [9.17, 15) is 23.9 Å². The molecular formula is C40H49FN4O6. The number of aliphatic hydroxyl groups is 1. The van der Waals surface area contributed by atoms with Gasteiger partial charge in [-0.2, -0.15) is 0 Å². The van der Waals surface area contributed by atoms with E-state index in [0.717, 1.165) is 48.4 Å². The molecule has 272 valence electrons. The molecule has 11 heteroatoms. The third kappa shape index (κ3) is 11.1. The van der Waals surface area contributed by atoms with Gasteiger partial charge in [0.25, 0.3) is 0 Å². The second kappa shape index (κ2) is 18.5. The maximum Gasteiger partial charge on any atom is 0.337 e. The first-order chi connectivity index (χ1) is 24.7. The van der Waals surface area contributed by atoms with E-state index in [0.29, 0.717) is 30.7 Å². The van der Waals surface area contributed by atoms with Crippen molar-refractivity contribution in [1.29, 1.82) is 0 Å². The fraction of sp³-hybridized carbons (Fsp3) is 0.450. The van der Waals surface area contributed by atoms with E-state index in [1.54, 1.807) is 20.0 Å². The minimum atomic E-state index is -1.57. The quantitative estimate of drug-likeness (QED) is 0.102. The number of ether oxygens (including phenoxy) is 2. The van der Waals surface area contributed by atoms with Gasteiger partial charge in [0, 0.05) is 24.2 Å². The number of aliphatic hydroxyl groups excluding tert-OH is 1. The van der Waals surface area contributed by atoms with Crippen molar-refractivity contribution in [3.8, 4) is 5.75 Å². The SMILES string of the molecule is CC(C)OC(=O)C(O)[C@H](CC1CCCCC1)NC(=O)[C@H](Cc1cnc[nH]1)NC(=O)C(CCOc1ccc(F)cc1)Cc1cccc2ccccc12. The fourth-order valence-corrected chi connectivity index (χ4v) is 6.83. The van der Waals surface area contributed by atoms with Gasteiger partial charge in [0.15, 0.2) is 6.10 Å². The van der Waals surface area contributed by atoms with Crippen LogP contribution in [0.4, 0.5) is 4.39 Å². The van der Waals surface area contributed by atoms with Gasteiger partial charge in [-0.25, -0.2) is 14.2 Å². The van der Waals surface area contributed by atoms with Crippen LogP contribution in [0.5, 0.6) is 5.75 Å². The number of rotatable bonds is 17. The minimum absolute atomic E-state index is 0.104. The molecule has 4 atom stereocenters. The van der Waals surface area contributed by atoms with Crippen molar-refractivity contribution >= 4 is 28.6 Å². The van der Waals surface area contributed by atoms with Gasteiger partial charge in [-0.15, -0.1) is 0 Å². The molecule has 0 bridgehead atoms. The summed E-state index contributed by atoms with van der Waals surface area (Å²) in [7, 11) is 0. The maximum absolute atomic E-state index is 14.2. The lowest BCUT2D eigenvalue weighted by Gasteiger charge is -2.31. The highest BCUT2D eigenvalue weighted by molar-refractivity contribution is 5.90. The van der Waals surface area contributed by atoms with Crippen molar-refractivity contribution in [3.63, 3.8) is 0 Å². The van der Waals surface area contributed by atoms with Crippen molar-refractivity contribution in [2.24, 2.45) is 11.8 Å². The topological polar surface area (TPSA) is 143 Å². The first-order valence-corrected chi connectivity index (χ1v) is 18.0. The lowest BCUT2D eigenvalue weighted by atomic mass is 9.83. The third-order valence-corrected chi connectivity index (χ3v) is 9.49. The summed E-state index contributed by atoms with van der Waals surface area (Å²) in [5.41, 5.74) is 1.60. The van der Waals surface area contributed by atoms with Crippen molar-refractivity contribution in [1.82, 2.24) is 20.6 Å². The molecule has 4 N–H and O–H groups in total. The Morgan fingerprint density at radius 1 is 0.941 bits per heavy atom. The van der Waals surface area contributed by atoms with Crippen molar-refractivity contribution in [2.45, 2.75) is 95.9 Å². The number of nitrogens with zero attached hydrogens (tertiary/aromatic N) is 1. The van der Waals surface area contributed by atoms with Crippen LogP contribution in [0.2, 0.25) is 0 Å². The van der Waals surface area contributed by atoms with Crippen molar-refractivity contribution < 1.29 is 33.4 Å². The van der Waals surface area contributed by atoms with Crippen LogP contribution in [0.3, 0.4) is 0 Å². The smallest absolute Gasteiger partial charge is 0.337 e. The highest BCUT2D eigenvalue weighted by Gasteiger charge is 2.35. The van der Waals surface area contributed by atoms with E-state index in [-0.39, 0.29) is 30.7 Å². The van der Waals surface area contributed by atoms with Gasteiger partial charge in [0.2, 0.25) is 11.8 Å². The Balaban J connectivity index is 1.37. The molecule has 0 aliphatic heterocycles. The molecule has 1 saturated carbocycles. The molecule has 1 fully saturated rings. The number of nitrogens with one attached hydrogen (secondary N) is 3. The van der Waals surface area contributed by atoms with Crippen LogP contribution in [-0.4, -0.2) is 63.8 Å². The third-order valence-electron chi connectivity index (χ3n) is 9.49. The zero-order chi connectivity index (χ0) is 36.2. The molecule has 1 aromatic heterocycles. The van der Waals surface area contributed by atoms with Crippen LogP contribution in [-0.2, 0) is 32.0 Å². The number of esters is 1. The molecule has 0 spiro atoms. The number of halogens is 1. The van der Waals surface area contributed by atoms with E-state index in [1.165, 1.54) is 30.6 Å². The van der Waals surface area contributed by atoms with Gasteiger partial charge in [-0.05, 0) is 79.6 Å². The molecule has 1 heterocycles. The van der Waals surface area contributed by atoms with Gasteiger partial charge in [-0.3, -0.25) is 9.59 Å². The van der Waals surface area contributed by atoms with Gasteiger partial charge in [0.05, 0.1) is 25.1 Å². The predicted octanol–water partition coefficient (Wildman–Crippen LogP) is 5.83. The number of amides is 2. The van der Waals surface area contributed by atoms with E-state index in [2.05, 4.69) is 20.6 Å². The lowest BCUT2D eigenvalue weighted by Crippen LogP contribution is -2.56. The molecule has 51 heavy (non-hydrogen) atoms. The molecule has 3 aromatic carbocycles. The summed E-state index contributed by atoms with van der Waals surface area (Å²) in [4.78, 5) is 48.3. The van der Waals surface area contributed by atoms with E-state index >= 15 is 0 Å². The maximum atomic E-state index is 14.2. The summed E-state index contributed by atoms with van der Waals surface area (Å²) in [5, 5.41) is 19.1.